The number of amides is 3. The number of hydrogen-bond donors (Lipinski definition) is 2. The third kappa shape index (κ3) is 6.17. The van der Waals surface area contributed by atoms with Crippen LogP contribution in [0, 0.1) is 0 Å². The van der Waals surface area contributed by atoms with E-state index in [0.29, 0.717) is 17.9 Å². The van der Waals surface area contributed by atoms with Gasteiger partial charge in [-0.25, -0.2) is 0 Å². The molecule has 2 aromatic carbocycles. The summed E-state index contributed by atoms with van der Waals surface area (Å²) in [5.41, 5.74) is 3.86. The van der Waals surface area contributed by atoms with Crippen molar-refractivity contribution in [3.05, 3.63) is 59.7 Å². The number of rotatable bonds is 8. The first kappa shape index (κ1) is 23.5. The second-order valence-electron chi connectivity index (χ2n) is 8.22. The van der Waals surface area contributed by atoms with Gasteiger partial charge in [0.05, 0.1) is 19.1 Å². The number of nitrogens with zero attached hydrogens (tertiary/aromatic N) is 2. The summed E-state index contributed by atoms with van der Waals surface area (Å²) in [5, 5.41) is 5.54. The lowest BCUT2D eigenvalue weighted by atomic mass is 9.87. The Bertz CT molecular complexity index is 958. The maximum Gasteiger partial charge on any atom is 0.238 e. The van der Waals surface area contributed by atoms with E-state index >= 15 is 0 Å². The standard InChI is InChI=1S/C25H32N4O3/c1-4-29(16-24(31)27-21-14-12-20(13-15-21)26-18(2)30)17-25(32)28(3)23-11-7-9-19-8-5-6-10-22(19)23/h5-6,8,10,12-15,23H,4,7,9,11,16-17H2,1-3H3,(H,26,30)(H,27,31)/t23-/m0/s1. The van der Waals surface area contributed by atoms with E-state index < -0.39 is 0 Å². The third-order valence-electron chi connectivity index (χ3n) is 5.86. The molecule has 170 valence electrons. The van der Waals surface area contributed by atoms with E-state index in [9.17, 15) is 14.4 Å². The summed E-state index contributed by atoms with van der Waals surface area (Å²) in [6, 6.07) is 15.4. The Morgan fingerprint density at radius 1 is 0.969 bits per heavy atom. The molecule has 0 spiro atoms. The number of nitrogens with one attached hydrogen (secondary N) is 2. The average molecular weight is 437 g/mol. The van der Waals surface area contributed by atoms with Crippen molar-refractivity contribution in [3.8, 4) is 0 Å². The number of likely N-dealkylation sites (N-methyl/N-ethyl adjacent to an activating group) is 2. The van der Waals surface area contributed by atoms with Gasteiger partial charge in [-0.15, -0.1) is 0 Å². The fourth-order valence-electron chi connectivity index (χ4n) is 4.13. The lowest BCUT2D eigenvalue weighted by Crippen LogP contribution is -2.43. The zero-order valence-electron chi connectivity index (χ0n) is 19.1. The number of fused-ring (bicyclic) bond motifs is 1. The minimum atomic E-state index is -0.183. The van der Waals surface area contributed by atoms with Crippen LogP contribution < -0.4 is 10.6 Å². The maximum atomic E-state index is 13.0. The van der Waals surface area contributed by atoms with Gasteiger partial charge in [0.2, 0.25) is 17.7 Å². The molecule has 1 aliphatic rings. The number of carbonyl (C=O) groups excluding carboxylic acids is 3. The molecule has 0 saturated heterocycles. The first-order valence-electron chi connectivity index (χ1n) is 11.1. The Labute approximate surface area is 189 Å². The highest BCUT2D eigenvalue weighted by Crippen LogP contribution is 2.33. The molecular weight excluding hydrogens is 404 g/mol. The van der Waals surface area contributed by atoms with Crippen LogP contribution in [0.5, 0.6) is 0 Å². The van der Waals surface area contributed by atoms with Gasteiger partial charge in [0.25, 0.3) is 0 Å². The Balaban J connectivity index is 1.55. The molecule has 1 aliphatic carbocycles. The number of benzene rings is 2. The van der Waals surface area contributed by atoms with E-state index in [1.165, 1.54) is 18.1 Å². The summed E-state index contributed by atoms with van der Waals surface area (Å²) < 4.78 is 0. The van der Waals surface area contributed by atoms with E-state index in [1.54, 1.807) is 24.3 Å². The molecule has 0 aromatic heterocycles. The highest BCUT2D eigenvalue weighted by molar-refractivity contribution is 5.93. The van der Waals surface area contributed by atoms with Crippen molar-refractivity contribution in [3.63, 3.8) is 0 Å². The van der Waals surface area contributed by atoms with Crippen molar-refractivity contribution in [1.29, 1.82) is 0 Å². The van der Waals surface area contributed by atoms with Crippen molar-refractivity contribution in [2.45, 2.75) is 39.2 Å². The van der Waals surface area contributed by atoms with E-state index in [-0.39, 0.29) is 36.9 Å². The van der Waals surface area contributed by atoms with Gasteiger partial charge in [0.15, 0.2) is 0 Å². The van der Waals surface area contributed by atoms with Gasteiger partial charge < -0.3 is 15.5 Å². The Kier molecular flexibility index (Phi) is 8.00. The van der Waals surface area contributed by atoms with Gasteiger partial charge in [-0.2, -0.15) is 0 Å². The van der Waals surface area contributed by atoms with Gasteiger partial charge in [0.1, 0.15) is 0 Å². The van der Waals surface area contributed by atoms with Crippen LogP contribution in [0.3, 0.4) is 0 Å². The first-order chi connectivity index (χ1) is 15.4. The average Bonchev–Trinajstić information content (AvgIpc) is 2.78. The SMILES string of the molecule is CCN(CC(=O)Nc1ccc(NC(C)=O)cc1)CC(=O)N(C)[C@H]1CCCc2ccccc21. The Hall–Kier alpha value is -3.19. The van der Waals surface area contributed by atoms with E-state index in [2.05, 4.69) is 22.8 Å². The quantitative estimate of drug-likeness (QED) is 0.664. The highest BCUT2D eigenvalue weighted by Gasteiger charge is 2.27. The molecule has 0 bridgehead atoms. The second-order valence-corrected chi connectivity index (χ2v) is 8.22. The molecule has 0 fully saturated rings. The lowest BCUT2D eigenvalue weighted by Gasteiger charge is -2.34. The first-order valence-corrected chi connectivity index (χ1v) is 11.1. The van der Waals surface area contributed by atoms with Gasteiger partial charge in [-0.3, -0.25) is 19.3 Å². The van der Waals surface area contributed by atoms with Crippen LogP contribution in [0.2, 0.25) is 0 Å². The predicted molar refractivity (Wildman–Crippen MR) is 126 cm³/mol. The molecule has 2 aromatic rings. The summed E-state index contributed by atoms with van der Waals surface area (Å²) in [4.78, 5) is 40.3. The molecule has 1 atom stereocenters. The molecule has 0 aliphatic heterocycles. The van der Waals surface area contributed by atoms with Gasteiger partial charge in [-0.1, -0.05) is 31.2 Å². The molecule has 7 nitrogen and oxygen atoms in total. The summed E-state index contributed by atoms with van der Waals surface area (Å²) in [6.07, 6.45) is 3.09. The summed E-state index contributed by atoms with van der Waals surface area (Å²) in [7, 11) is 1.86. The van der Waals surface area contributed by atoms with Crippen molar-refractivity contribution in [2.75, 3.05) is 37.3 Å². The van der Waals surface area contributed by atoms with Gasteiger partial charge >= 0.3 is 0 Å². The van der Waals surface area contributed by atoms with Crippen LogP contribution in [0.1, 0.15) is 43.9 Å². The van der Waals surface area contributed by atoms with Gasteiger partial charge in [-0.05, 0) is 61.2 Å². The zero-order valence-corrected chi connectivity index (χ0v) is 19.1. The van der Waals surface area contributed by atoms with Crippen molar-refractivity contribution >= 4 is 29.1 Å². The summed E-state index contributed by atoms with van der Waals surface area (Å²) >= 11 is 0. The van der Waals surface area contributed by atoms with Crippen molar-refractivity contribution in [2.24, 2.45) is 0 Å². The van der Waals surface area contributed by atoms with Crippen LogP contribution >= 0.6 is 0 Å². The maximum absolute atomic E-state index is 13.0. The monoisotopic (exact) mass is 436 g/mol. The Morgan fingerprint density at radius 2 is 1.62 bits per heavy atom. The third-order valence-corrected chi connectivity index (χ3v) is 5.86. The van der Waals surface area contributed by atoms with Crippen LogP contribution in [0.4, 0.5) is 11.4 Å². The molecule has 7 heteroatoms. The van der Waals surface area contributed by atoms with Crippen LogP contribution in [-0.2, 0) is 20.8 Å². The van der Waals surface area contributed by atoms with E-state index in [0.717, 1.165) is 19.3 Å². The number of aryl methyl sites for hydroxylation is 1. The molecule has 0 heterocycles. The number of hydrogen-bond acceptors (Lipinski definition) is 4. The largest absolute Gasteiger partial charge is 0.338 e. The van der Waals surface area contributed by atoms with Crippen molar-refractivity contribution < 1.29 is 14.4 Å². The van der Waals surface area contributed by atoms with Crippen LogP contribution in [0.25, 0.3) is 0 Å². The van der Waals surface area contributed by atoms with E-state index in [4.69, 9.17) is 0 Å². The molecule has 0 radical (unpaired) electrons. The lowest BCUT2D eigenvalue weighted by molar-refractivity contribution is -0.134. The normalized spacial score (nSPS) is 15.1. The summed E-state index contributed by atoms with van der Waals surface area (Å²) in [6.45, 7) is 4.31. The minimum absolute atomic E-state index is 0.0148. The van der Waals surface area contributed by atoms with E-state index in [1.807, 2.05) is 35.9 Å². The second kappa shape index (κ2) is 10.9. The molecule has 32 heavy (non-hydrogen) atoms. The summed E-state index contributed by atoms with van der Waals surface area (Å²) in [5.74, 6) is -0.315. The van der Waals surface area contributed by atoms with Crippen LogP contribution in [-0.4, -0.2) is 54.2 Å². The molecule has 2 N–H and O–H groups in total. The molecule has 0 unspecified atom stereocenters. The van der Waals surface area contributed by atoms with Gasteiger partial charge in [0, 0.05) is 25.3 Å². The fourth-order valence-corrected chi connectivity index (χ4v) is 4.13. The molecule has 0 saturated carbocycles. The topological polar surface area (TPSA) is 81.8 Å². The molecular formula is C25H32N4O3. The molecule has 3 rings (SSSR count). The van der Waals surface area contributed by atoms with Crippen LogP contribution in [0.15, 0.2) is 48.5 Å². The Morgan fingerprint density at radius 3 is 2.28 bits per heavy atom. The molecule has 3 amide bonds. The fraction of sp³-hybridized carbons (Fsp3) is 0.400. The zero-order chi connectivity index (χ0) is 23.1. The number of anilines is 2. The minimum Gasteiger partial charge on any atom is -0.338 e. The number of carbonyl (C=O) groups is 3. The predicted octanol–water partition coefficient (Wildman–Crippen LogP) is 3.44. The smallest absolute Gasteiger partial charge is 0.238 e. The highest BCUT2D eigenvalue weighted by atomic mass is 16.2. The van der Waals surface area contributed by atoms with Crippen molar-refractivity contribution in [1.82, 2.24) is 9.80 Å².